The lowest BCUT2D eigenvalue weighted by atomic mass is 10.1. The fourth-order valence-corrected chi connectivity index (χ4v) is 3.47. The molecule has 6 nitrogen and oxygen atoms in total. The zero-order valence-electron chi connectivity index (χ0n) is 15.7. The number of amides is 1. The van der Waals surface area contributed by atoms with Gasteiger partial charge in [-0.3, -0.25) is 9.48 Å². The van der Waals surface area contributed by atoms with Crippen LogP contribution in [0.15, 0.2) is 65.4 Å². The molecule has 0 saturated carbocycles. The van der Waals surface area contributed by atoms with Gasteiger partial charge in [-0.15, -0.1) is 12.4 Å². The number of benzene rings is 1. The zero-order chi connectivity index (χ0) is 18.5. The summed E-state index contributed by atoms with van der Waals surface area (Å²) in [5, 5.41) is 7.97. The number of piperidine rings is 1. The minimum atomic E-state index is -0.0854. The summed E-state index contributed by atoms with van der Waals surface area (Å²) in [6, 6.07) is 15.8. The van der Waals surface area contributed by atoms with Crippen LogP contribution in [0.4, 0.5) is 0 Å². The van der Waals surface area contributed by atoms with Crippen LogP contribution in [0.5, 0.6) is 0 Å². The summed E-state index contributed by atoms with van der Waals surface area (Å²) in [5.41, 5.74) is 1.55. The number of carbonyl (C=O) groups excluding carboxylic acids is 1. The Labute approximate surface area is 170 Å². The van der Waals surface area contributed by atoms with E-state index in [0.29, 0.717) is 24.8 Å². The summed E-state index contributed by atoms with van der Waals surface area (Å²) in [6.07, 6.45) is 5.76. The average molecular weight is 401 g/mol. The molecule has 1 fully saturated rings. The summed E-state index contributed by atoms with van der Waals surface area (Å²) in [6.45, 7) is 2.88. The largest absolute Gasteiger partial charge is 0.467 e. The third-order valence-electron chi connectivity index (χ3n) is 4.90. The highest BCUT2D eigenvalue weighted by molar-refractivity contribution is 5.92. The predicted molar refractivity (Wildman–Crippen MR) is 109 cm³/mol. The molecule has 4 rings (SSSR count). The van der Waals surface area contributed by atoms with Gasteiger partial charge < -0.3 is 14.6 Å². The smallest absolute Gasteiger partial charge is 0.275 e. The highest BCUT2D eigenvalue weighted by Crippen LogP contribution is 2.18. The monoisotopic (exact) mass is 400 g/mol. The third-order valence-corrected chi connectivity index (χ3v) is 4.90. The maximum Gasteiger partial charge on any atom is 0.275 e. The number of furan rings is 1. The van der Waals surface area contributed by atoms with Crippen LogP contribution >= 0.6 is 12.4 Å². The third kappa shape index (κ3) is 4.82. The van der Waals surface area contributed by atoms with Crippen LogP contribution in [0.2, 0.25) is 0 Å². The van der Waals surface area contributed by atoms with Crippen LogP contribution in [-0.2, 0) is 13.1 Å². The van der Waals surface area contributed by atoms with Crippen molar-refractivity contribution in [2.24, 2.45) is 0 Å². The molecule has 0 aliphatic carbocycles. The summed E-state index contributed by atoms with van der Waals surface area (Å²) < 4.78 is 7.38. The van der Waals surface area contributed by atoms with Crippen molar-refractivity contribution in [3.8, 4) is 0 Å². The van der Waals surface area contributed by atoms with Gasteiger partial charge in [-0.1, -0.05) is 30.3 Å². The van der Waals surface area contributed by atoms with E-state index in [1.54, 1.807) is 11.2 Å². The van der Waals surface area contributed by atoms with Gasteiger partial charge in [0.2, 0.25) is 0 Å². The zero-order valence-corrected chi connectivity index (χ0v) is 16.5. The maximum atomic E-state index is 13.2. The normalized spacial score (nSPS) is 16.4. The van der Waals surface area contributed by atoms with Crippen molar-refractivity contribution >= 4 is 18.3 Å². The average Bonchev–Trinajstić information content (AvgIpc) is 3.41. The van der Waals surface area contributed by atoms with E-state index < -0.39 is 0 Å². The molecule has 0 spiro atoms. The number of hydrogen-bond donors (Lipinski definition) is 1. The van der Waals surface area contributed by atoms with Crippen LogP contribution in [0.25, 0.3) is 0 Å². The Bertz CT molecular complexity index is 858. The minimum Gasteiger partial charge on any atom is -0.467 e. The topological polar surface area (TPSA) is 63.3 Å². The molecule has 1 N–H and O–H groups in total. The van der Waals surface area contributed by atoms with E-state index >= 15 is 0 Å². The first-order chi connectivity index (χ1) is 13.3. The second-order valence-corrected chi connectivity index (χ2v) is 6.91. The molecule has 148 valence electrons. The molecule has 1 saturated heterocycles. The van der Waals surface area contributed by atoms with E-state index in [9.17, 15) is 4.79 Å². The second-order valence-electron chi connectivity index (χ2n) is 6.91. The van der Waals surface area contributed by atoms with Gasteiger partial charge in [0.05, 0.1) is 18.8 Å². The number of nitrogens with zero attached hydrogens (tertiary/aromatic N) is 3. The molecule has 1 unspecified atom stereocenters. The fourth-order valence-electron chi connectivity index (χ4n) is 3.47. The van der Waals surface area contributed by atoms with E-state index in [-0.39, 0.29) is 18.3 Å². The standard InChI is InChI=1S/C21H24N4O2.ClH/c26-21(20-10-12-25(23-20)18-8-4-11-22-14-18)24(16-19-9-5-13-27-19)15-17-6-2-1-3-7-17;/h1-3,5-7,9-10,12-13,18,22H,4,8,11,14-16H2;1H. The first-order valence-corrected chi connectivity index (χ1v) is 9.41. The lowest BCUT2D eigenvalue weighted by molar-refractivity contribution is 0.0710. The van der Waals surface area contributed by atoms with Crippen molar-refractivity contribution in [3.05, 3.63) is 78.0 Å². The Morgan fingerprint density at radius 2 is 2.04 bits per heavy atom. The number of rotatable bonds is 6. The molecule has 1 amide bonds. The molecule has 2 aromatic heterocycles. The van der Waals surface area contributed by atoms with E-state index in [2.05, 4.69) is 10.4 Å². The van der Waals surface area contributed by atoms with Gasteiger partial charge in [0, 0.05) is 19.3 Å². The number of aromatic nitrogens is 2. The lowest BCUT2D eigenvalue weighted by Gasteiger charge is -2.23. The highest BCUT2D eigenvalue weighted by atomic mass is 35.5. The molecular formula is C21H25ClN4O2. The molecule has 0 radical (unpaired) electrons. The second kappa shape index (κ2) is 9.57. The van der Waals surface area contributed by atoms with Gasteiger partial charge in [-0.25, -0.2) is 0 Å². The maximum absolute atomic E-state index is 13.2. The Hall–Kier alpha value is -2.57. The SMILES string of the molecule is Cl.O=C(c1ccn(C2CCCNC2)n1)N(Cc1ccccc1)Cc1ccco1. The highest BCUT2D eigenvalue weighted by Gasteiger charge is 2.22. The lowest BCUT2D eigenvalue weighted by Crippen LogP contribution is -2.33. The van der Waals surface area contributed by atoms with Crippen molar-refractivity contribution in [2.45, 2.75) is 32.0 Å². The number of halogens is 1. The van der Waals surface area contributed by atoms with Crippen molar-refractivity contribution in [1.82, 2.24) is 20.0 Å². The first-order valence-electron chi connectivity index (χ1n) is 9.41. The van der Waals surface area contributed by atoms with E-state index in [1.165, 1.54) is 0 Å². The van der Waals surface area contributed by atoms with Gasteiger partial charge >= 0.3 is 0 Å². The number of nitrogens with one attached hydrogen (secondary N) is 1. The van der Waals surface area contributed by atoms with Gasteiger partial charge in [0.25, 0.3) is 5.91 Å². The van der Waals surface area contributed by atoms with Crippen LogP contribution in [0.3, 0.4) is 0 Å². The molecule has 28 heavy (non-hydrogen) atoms. The summed E-state index contributed by atoms with van der Waals surface area (Å²) >= 11 is 0. The van der Waals surface area contributed by atoms with Gasteiger partial charge in [-0.05, 0) is 43.1 Å². The van der Waals surface area contributed by atoms with E-state index in [0.717, 1.165) is 37.3 Å². The molecule has 1 aromatic carbocycles. The van der Waals surface area contributed by atoms with Crippen LogP contribution in [0.1, 0.15) is 40.7 Å². The molecular weight excluding hydrogens is 376 g/mol. The molecule has 0 bridgehead atoms. The molecule has 1 aliphatic rings. The van der Waals surface area contributed by atoms with Crippen molar-refractivity contribution in [1.29, 1.82) is 0 Å². The molecule has 1 atom stereocenters. The Kier molecular flexibility index (Phi) is 6.90. The molecule has 3 heterocycles. The number of hydrogen-bond acceptors (Lipinski definition) is 4. The van der Waals surface area contributed by atoms with Crippen molar-refractivity contribution in [2.75, 3.05) is 13.1 Å². The molecule has 3 aromatic rings. The van der Waals surface area contributed by atoms with Crippen molar-refractivity contribution in [3.63, 3.8) is 0 Å². The minimum absolute atomic E-state index is 0. The Balaban J connectivity index is 0.00000225. The summed E-state index contributed by atoms with van der Waals surface area (Å²) in [7, 11) is 0. The van der Waals surface area contributed by atoms with Gasteiger partial charge in [0.15, 0.2) is 0 Å². The summed E-state index contributed by atoms with van der Waals surface area (Å²) in [4.78, 5) is 14.9. The van der Waals surface area contributed by atoms with Crippen molar-refractivity contribution < 1.29 is 9.21 Å². The molecule has 1 aliphatic heterocycles. The Morgan fingerprint density at radius 3 is 2.75 bits per heavy atom. The van der Waals surface area contributed by atoms with Gasteiger partial charge in [-0.2, -0.15) is 5.10 Å². The first kappa shape index (κ1) is 20.2. The Morgan fingerprint density at radius 1 is 1.18 bits per heavy atom. The number of carbonyl (C=O) groups is 1. The fraction of sp³-hybridized carbons (Fsp3) is 0.333. The van der Waals surface area contributed by atoms with Gasteiger partial charge in [0.1, 0.15) is 11.5 Å². The van der Waals surface area contributed by atoms with Crippen LogP contribution in [-0.4, -0.2) is 33.7 Å². The van der Waals surface area contributed by atoms with E-state index in [4.69, 9.17) is 4.42 Å². The van der Waals surface area contributed by atoms with Crippen LogP contribution in [0, 0.1) is 0 Å². The van der Waals surface area contributed by atoms with Crippen LogP contribution < -0.4 is 5.32 Å². The van der Waals surface area contributed by atoms with E-state index in [1.807, 2.05) is 59.4 Å². The summed E-state index contributed by atoms with van der Waals surface area (Å²) in [5.74, 6) is 0.674. The quantitative estimate of drug-likeness (QED) is 0.685. The molecule has 7 heteroatoms. The predicted octanol–water partition coefficient (Wildman–Crippen LogP) is 3.67.